The number of anilines is 1. The Morgan fingerprint density at radius 3 is 2.21 bits per heavy atom. The molecule has 13 heteroatoms. The van der Waals surface area contributed by atoms with E-state index in [1.165, 1.54) is 0 Å². The van der Waals surface area contributed by atoms with Crippen LogP contribution in [0.25, 0.3) is 0 Å². The van der Waals surface area contributed by atoms with Crippen LogP contribution in [-0.2, 0) is 16.1 Å². The molecule has 4 aliphatic rings. The highest BCUT2D eigenvalue weighted by atomic mass is 19.4. The molecule has 1 aromatic rings. The quantitative estimate of drug-likeness (QED) is 0.533. The van der Waals surface area contributed by atoms with Crippen LogP contribution in [0.5, 0.6) is 0 Å². The molecule has 5 rings (SSSR count). The van der Waals surface area contributed by atoms with Crippen LogP contribution >= 0.6 is 0 Å². The molecule has 0 bridgehead atoms. The minimum atomic E-state index is -5.74. The number of halogens is 6. The van der Waals surface area contributed by atoms with Crippen molar-refractivity contribution in [2.24, 2.45) is 5.41 Å². The monoisotopic (exact) mass is 548 g/mol. The van der Waals surface area contributed by atoms with E-state index in [1.54, 1.807) is 6.92 Å². The van der Waals surface area contributed by atoms with Gasteiger partial charge in [0.25, 0.3) is 6.10 Å². The average molecular weight is 549 g/mol. The van der Waals surface area contributed by atoms with Crippen molar-refractivity contribution in [3.63, 3.8) is 0 Å². The molecule has 2 amide bonds. The Kier molecular flexibility index (Phi) is 6.51. The number of alkyl halides is 6. The number of amides is 2. The molecule has 210 valence electrons. The van der Waals surface area contributed by atoms with Crippen molar-refractivity contribution in [3.05, 3.63) is 29.8 Å². The van der Waals surface area contributed by atoms with Gasteiger partial charge < -0.3 is 19.4 Å². The SMILES string of the molecule is CC(=O)N1CC2(CCN(c3ccccc3CN3CCCC34CN(C(=O)OC(C(F)(F)F)C(F)(F)F)C4)C2)C1. The Balaban J connectivity index is 1.22. The molecule has 0 radical (unpaired) electrons. The van der Waals surface area contributed by atoms with Gasteiger partial charge in [-0.1, -0.05) is 18.2 Å². The molecule has 1 aromatic carbocycles. The minimum absolute atomic E-state index is 0.0180. The molecular weight excluding hydrogens is 518 g/mol. The number of ether oxygens (including phenoxy) is 1. The van der Waals surface area contributed by atoms with Gasteiger partial charge in [0, 0.05) is 63.8 Å². The molecule has 0 atom stereocenters. The molecule has 2 spiro atoms. The average Bonchev–Trinajstić information content (AvgIpc) is 3.39. The van der Waals surface area contributed by atoms with Crippen LogP contribution in [-0.4, -0.2) is 96.5 Å². The number of nitrogens with zero attached hydrogens (tertiary/aromatic N) is 4. The lowest BCUT2D eigenvalue weighted by atomic mass is 9.79. The number of carbonyl (C=O) groups excluding carboxylic acids is 2. The number of likely N-dealkylation sites (tertiary alicyclic amines) is 3. The van der Waals surface area contributed by atoms with Crippen molar-refractivity contribution < 1.29 is 40.7 Å². The summed E-state index contributed by atoms with van der Waals surface area (Å²) in [6, 6.07) is 7.98. The van der Waals surface area contributed by atoms with Crippen LogP contribution in [0, 0.1) is 5.41 Å². The van der Waals surface area contributed by atoms with Crippen LogP contribution < -0.4 is 4.90 Å². The first-order valence-electron chi connectivity index (χ1n) is 12.6. The summed E-state index contributed by atoms with van der Waals surface area (Å²) in [5.41, 5.74) is 1.76. The highest BCUT2D eigenvalue weighted by molar-refractivity contribution is 5.74. The van der Waals surface area contributed by atoms with Gasteiger partial charge in [0.1, 0.15) is 0 Å². The molecule has 0 aliphatic carbocycles. The largest absolute Gasteiger partial charge is 0.434 e. The van der Waals surface area contributed by atoms with Gasteiger partial charge in [-0.2, -0.15) is 26.3 Å². The zero-order chi connectivity index (χ0) is 27.5. The number of hydrogen-bond donors (Lipinski definition) is 0. The molecule has 0 saturated carbocycles. The number of carbonyl (C=O) groups is 2. The van der Waals surface area contributed by atoms with E-state index in [1.807, 2.05) is 23.1 Å². The lowest BCUT2D eigenvalue weighted by molar-refractivity contribution is -0.309. The van der Waals surface area contributed by atoms with E-state index in [0.29, 0.717) is 19.5 Å². The zero-order valence-electron chi connectivity index (χ0n) is 20.9. The van der Waals surface area contributed by atoms with Crippen LogP contribution in [0.2, 0.25) is 0 Å². The van der Waals surface area contributed by atoms with Crippen LogP contribution in [0.1, 0.15) is 31.7 Å². The fourth-order valence-electron chi connectivity index (χ4n) is 6.43. The van der Waals surface area contributed by atoms with E-state index in [0.717, 1.165) is 55.2 Å². The van der Waals surface area contributed by atoms with Crippen molar-refractivity contribution in [2.75, 3.05) is 50.7 Å². The summed E-state index contributed by atoms with van der Waals surface area (Å²) in [4.78, 5) is 31.1. The van der Waals surface area contributed by atoms with Gasteiger partial charge in [-0.15, -0.1) is 0 Å². The summed E-state index contributed by atoms with van der Waals surface area (Å²) >= 11 is 0. The molecule has 4 aliphatic heterocycles. The van der Waals surface area contributed by atoms with E-state index >= 15 is 0 Å². The van der Waals surface area contributed by atoms with Gasteiger partial charge in [0.2, 0.25) is 5.91 Å². The maximum atomic E-state index is 12.8. The van der Waals surface area contributed by atoms with E-state index in [4.69, 9.17) is 0 Å². The maximum Gasteiger partial charge on any atom is 0.434 e. The highest BCUT2D eigenvalue weighted by Crippen LogP contribution is 2.44. The molecule has 38 heavy (non-hydrogen) atoms. The Bertz CT molecular complexity index is 1070. The van der Waals surface area contributed by atoms with Gasteiger partial charge in [0.05, 0.1) is 5.54 Å². The summed E-state index contributed by atoms with van der Waals surface area (Å²) in [6.45, 7) is 6.10. The first kappa shape index (κ1) is 26.9. The van der Waals surface area contributed by atoms with E-state index in [2.05, 4.69) is 20.6 Å². The number of para-hydroxylation sites is 1. The third-order valence-electron chi connectivity index (χ3n) is 8.41. The number of hydrogen-bond acceptors (Lipinski definition) is 5. The molecule has 0 N–H and O–H groups in total. The normalized spacial score (nSPS) is 22.8. The van der Waals surface area contributed by atoms with Crippen molar-refractivity contribution >= 4 is 17.7 Å². The summed E-state index contributed by atoms with van der Waals surface area (Å²) in [5.74, 6) is 0.0829. The Morgan fingerprint density at radius 1 is 0.921 bits per heavy atom. The van der Waals surface area contributed by atoms with E-state index in [-0.39, 0.29) is 24.4 Å². The van der Waals surface area contributed by atoms with E-state index < -0.39 is 30.1 Å². The predicted molar refractivity (Wildman–Crippen MR) is 124 cm³/mol. The topological polar surface area (TPSA) is 56.3 Å². The fourth-order valence-corrected chi connectivity index (χ4v) is 6.43. The molecule has 4 saturated heterocycles. The second-order valence-electron chi connectivity index (χ2n) is 11.1. The summed E-state index contributed by atoms with van der Waals surface area (Å²) in [5, 5.41) is 0. The summed E-state index contributed by atoms with van der Waals surface area (Å²) < 4.78 is 80.7. The van der Waals surface area contributed by atoms with Crippen molar-refractivity contribution in [1.29, 1.82) is 0 Å². The van der Waals surface area contributed by atoms with Crippen LogP contribution in [0.3, 0.4) is 0 Å². The first-order chi connectivity index (χ1) is 17.7. The fraction of sp³-hybridized carbons (Fsp3) is 0.680. The molecule has 0 unspecified atom stereocenters. The number of rotatable bonds is 4. The Morgan fingerprint density at radius 2 is 1.58 bits per heavy atom. The summed E-state index contributed by atoms with van der Waals surface area (Å²) in [6.07, 6.45) is -14.7. The molecule has 0 aromatic heterocycles. The van der Waals surface area contributed by atoms with Gasteiger partial charge in [-0.05, 0) is 37.4 Å². The predicted octanol–water partition coefficient (Wildman–Crippen LogP) is 4.03. The first-order valence-corrected chi connectivity index (χ1v) is 12.6. The maximum absolute atomic E-state index is 12.8. The van der Waals surface area contributed by atoms with Crippen molar-refractivity contribution in [1.82, 2.24) is 14.7 Å². The van der Waals surface area contributed by atoms with E-state index in [9.17, 15) is 35.9 Å². The van der Waals surface area contributed by atoms with Crippen LogP contribution in [0.4, 0.5) is 36.8 Å². The second kappa shape index (κ2) is 9.20. The Hall–Kier alpha value is -2.70. The van der Waals surface area contributed by atoms with Gasteiger partial charge in [-0.25, -0.2) is 4.79 Å². The highest BCUT2D eigenvalue weighted by Gasteiger charge is 2.61. The minimum Gasteiger partial charge on any atom is -0.426 e. The van der Waals surface area contributed by atoms with Crippen molar-refractivity contribution in [3.8, 4) is 0 Å². The Labute approximate surface area is 216 Å². The van der Waals surface area contributed by atoms with Crippen LogP contribution in [0.15, 0.2) is 24.3 Å². The third kappa shape index (κ3) is 4.89. The zero-order valence-corrected chi connectivity index (χ0v) is 20.9. The van der Waals surface area contributed by atoms with Gasteiger partial charge in [-0.3, -0.25) is 9.69 Å². The van der Waals surface area contributed by atoms with Gasteiger partial charge in [0.15, 0.2) is 0 Å². The molecular formula is C25H30F6N4O3. The lowest BCUT2D eigenvalue weighted by Gasteiger charge is -2.52. The smallest absolute Gasteiger partial charge is 0.426 e. The summed E-state index contributed by atoms with van der Waals surface area (Å²) in [7, 11) is 0. The number of benzene rings is 1. The third-order valence-corrected chi connectivity index (χ3v) is 8.41. The van der Waals surface area contributed by atoms with Crippen molar-refractivity contribution in [2.45, 2.75) is 56.7 Å². The molecule has 4 heterocycles. The molecule has 4 fully saturated rings. The standard InChI is InChI=1S/C25H30F6N4O3/c1-17(36)33-13-22(14-33)8-10-32(12-22)19-6-3-2-5-18(19)11-35-9-4-7-23(35)15-34(16-23)21(37)38-20(24(26,27)28)25(29,30)31/h2-3,5-6,20H,4,7-16H2,1H3. The molecule has 7 nitrogen and oxygen atoms in total. The second-order valence-corrected chi connectivity index (χ2v) is 11.1. The van der Waals surface area contributed by atoms with Gasteiger partial charge >= 0.3 is 18.4 Å². The lowest BCUT2D eigenvalue weighted by Crippen LogP contribution is -2.69.